The summed E-state index contributed by atoms with van der Waals surface area (Å²) in [6, 6.07) is 13.3. The van der Waals surface area contributed by atoms with E-state index in [4.69, 9.17) is 4.98 Å². The van der Waals surface area contributed by atoms with Gasteiger partial charge in [0.25, 0.3) is 0 Å². The first-order valence-corrected chi connectivity index (χ1v) is 10.6. The number of rotatable bonds is 5. The van der Waals surface area contributed by atoms with E-state index in [1.54, 1.807) is 25.4 Å². The topological polar surface area (TPSA) is 115 Å². The second-order valence-electron chi connectivity index (χ2n) is 7.73. The summed E-state index contributed by atoms with van der Waals surface area (Å²) >= 11 is 0. The van der Waals surface area contributed by atoms with Gasteiger partial charge in [-0.25, -0.2) is 9.78 Å². The van der Waals surface area contributed by atoms with Gasteiger partial charge in [-0.15, -0.1) is 0 Å². The number of benzene rings is 2. The van der Waals surface area contributed by atoms with Crippen LogP contribution in [0.4, 0.5) is 22.0 Å². The maximum Gasteiger partial charge on any atom is 0.411 e. The number of oxime groups is 1. The molecule has 0 spiro atoms. The van der Waals surface area contributed by atoms with Gasteiger partial charge in [-0.05, 0) is 49.6 Å². The molecular weight excluding hydrogens is 420 g/mol. The highest BCUT2D eigenvalue weighted by Gasteiger charge is 2.21. The number of carboxylic acid groups (broad SMARTS) is 1. The molecule has 1 aliphatic rings. The Morgan fingerprint density at radius 3 is 2.91 bits per heavy atom. The smallest absolute Gasteiger partial charge is 0.411 e. The van der Waals surface area contributed by atoms with E-state index >= 15 is 0 Å². The molecule has 0 bridgehead atoms. The summed E-state index contributed by atoms with van der Waals surface area (Å²) in [4.78, 5) is 21.9. The monoisotopic (exact) mass is 442 g/mol. The van der Waals surface area contributed by atoms with Crippen LogP contribution in [0.3, 0.4) is 0 Å². The zero-order chi connectivity index (χ0) is 22.9. The van der Waals surface area contributed by atoms with Crippen molar-refractivity contribution >= 4 is 34.6 Å². The van der Waals surface area contributed by atoms with Gasteiger partial charge in [-0.1, -0.05) is 23.4 Å². The third kappa shape index (κ3) is 3.63. The normalized spacial score (nSPS) is 13.9. The summed E-state index contributed by atoms with van der Waals surface area (Å²) in [7, 11) is 0. The standard InChI is InChI=1S/C24H22N6O3/c1-2-29(24(31)32)18-5-3-4-16(13-18)22-23(30-11-10-25-14-21(30)27-22)26-17-7-8-19-15(12-17)6-9-20(19)28-33/h3-5,7-8,10-14,26,33H,2,6,9H2,1H3,(H,31,32). The van der Waals surface area contributed by atoms with Crippen molar-refractivity contribution < 1.29 is 15.1 Å². The van der Waals surface area contributed by atoms with Gasteiger partial charge >= 0.3 is 6.09 Å². The first-order valence-electron chi connectivity index (χ1n) is 10.6. The highest BCUT2D eigenvalue weighted by molar-refractivity contribution is 6.04. The Labute approximate surface area is 189 Å². The zero-order valence-corrected chi connectivity index (χ0v) is 17.9. The lowest BCUT2D eigenvalue weighted by molar-refractivity contribution is 0.202. The fourth-order valence-corrected chi connectivity index (χ4v) is 4.27. The number of hydrogen-bond donors (Lipinski definition) is 3. The largest absolute Gasteiger partial charge is 0.465 e. The predicted molar refractivity (Wildman–Crippen MR) is 126 cm³/mol. The van der Waals surface area contributed by atoms with Crippen LogP contribution in [0, 0.1) is 0 Å². The minimum atomic E-state index is -1.00. The van der Waals surface area contributed by atoms with Gasteiger partial charge in [0, 0.05) is 41.4 Å². The minimum Gasteiger partial charge on any atom is -0.465 e. The molecule has 0 fully saturated rings. The van der Waals surface area contributed by atoms with Crippen LogP contribution in [0.5, 0.6) is 0 Å². The summed E-state index contributed by atoms with van der Waals surface area (Å²) in [5.41, 5.74) is 6.38. The Hall–Kier alpha value is -4.40. The lowest BCUT2D eigenvalue weighted by Gasteiger charge is -2.18. The van der Waals surface area contributed by atoms with Crippen molar-refractivity contribution in [1.82, 2.24) is 14.4 Å². The summed E-state index contributed by atoms with van der Waals surface area (Å²) in [6.07, 6.45) is 5.73. The number of aryl methyl sites for hydroxylation is 1. The number of carbonyl (C=O) groups is 1. The number of aromatic nitrogens is 3. The molecule has 0 aliphatic heterocycles. The SMILES string of the molecule is CCN(C(=O)O)c1cccc(-c2nc3cnccn3c2Nc2ccc3c(c2)CCC3=NO)c1. The van der Waals surface area contributed by atoms with E-state index in [2.05, 4.69) is 21.5 Å². The molecule has 0 atom stereocenters. The molecule has 5 rings (SSSR count). The molecule has 2 aromatic heterocycles. The van der Waals surface area contributed by atoms with E-state index in [0.717, 1.165) is 34.6 Å². The highest BCUT2D eigenvalue weighted by atomic mass is 16.4. The van der Waals surface area contributed by atoms with Gasteiger partial charge in [0.1, 0.15) is 11.5 Å². The van der Waals surface area contributed by atoms with Gasteiger partial charge in [-0.2, -0.15) is 0 Å². The molecule has 166 valence electrons. The molecule has 0 radical (unpaired) electrons. The Morgan fingerprint density at radius 2 is 2.12 bits per heavy atom. The van der Waals surface area contributed by atoms with Crippen LogP contribution >= 0.6 is 0 Å². The van der Waals surface area contributed by atoms with Crippen molar-refractivity contribution in [2.75, 3.05) is 16.8 Å². The van der Waals surface area contributed by atoms with Gasteiger partial charge in [0.05, 0.1) is 11.9 Å². The Bertz CT molecular complexity index is 1390. The average molecular weight is 442 g/mol. The molecule has 9 heteroatoms. The van der Waals surface area contributed by atoms with Crippen LogP contribution in [-0.4, -0.2) is 43.0 Å². The summed E-state index contributed by atoms with van der Waals surface area (Å²) < 4.78 is 1.91. The van der Waals surface area contributed by atoms with Crippen LogP contribution in [0.15, 0.2) is 66.2 Å². The molecule has 0 unspecified atom stereocenters. The van der Waals surface area contributed by atoms with Crippen molar-refractivity contribution in [1.29, 1.82) is 0 Å². The third-order valence-electron chi connectivity index (χ3n) is 5.84. The Kier molecular flexibility index (Phi) is 5.14. The summed E-state index contributed by atoms with van der Waals surface area (Å²) in [5.74, 6) is 0.747. The average Bonchev–Trinajstić information content (AvgIpc) is 3.41. The molecule has 33 heavy (non-hydrogen) atoms. The van der Waals surface area contributed by atoms with E-state index in [1.807, 2.05) is 40.9 Å². The van der Waals surface area contributed by atoms with Crippen LogP contribution in [0.2, 0.25) is 0 Å². The van der Waals surface area contributed by atoms with Crippen molar-refractivity contribution in [3.8, 4) is 11.3 Å². The third-order valence-corrected chi connectivity index (χ3v) is 5.84. The summed E-state index contributed by atoms with van der Waals surface area (Å²) in [6.45, 7) is 2.14. The van der Waals surface area contributed by atoms with Crippen molar-refractivity contribution in [3.05, 3.63) is 72.2 Å². The van der Waals surface area contributed by atoms with E-state index < -0.39 is 6.09 Å². The van der Waals surface area contributed by atoms with Crippen molar-refractivity contribution in [3.63, 3.8) is 0 Å². The molecule has 2 heterocycles. The van der Waals surface area contributed by atoms with Crippen LogP contribution in [0.25, 0.3) is 16.9 Å². The lowest BCUT2D eigenvalue weighted by Crippen LogP contribution is -2.28. The molecule has 1 amide bonds. The van der Waals surface area contributed by atoms with Crippen molar-refractivity contribution in [2.45, 2.75) is 19.8 Å². The van der Waals surface area contributed by atoms with Crippen LogP contribution in [-0.2, 0) is 6.42 Å². The van der Waals surface area contributed by atoms with E-state index in [9.17, 15) is 15.1 Å². The van der Waals surface area contributed by atoms with Crippen molar-refractivity contribution in [2.24, 2.45) is 5.16 Å². The molecule has 4 aromatic rings. The lowest BCUT2D eigenvalue weighted by atomic mass is 10.1. The van der Waals surface area contributed by atoms with Gasteiger partial charge in [0.2, 0.25) is 0 Å². The van der Waals surface area contributed by atoms with E-state index in [1.165, 1.54) is 4.90 Å². The van der Waals surface area contributed by atoms with Gasteiger partial charge < -0.3 is 15.6 Å². The number of anilines is 3. The quantitative estimate of drug-likeness (QED) is 0.303. The number of fused-ring (bicyclic) bond motifs is 2. The maximum atomic E-state index is 11.6. The Balaban J connectivity index is 1.59. The first-order chi connectivity index (χ1) is 16.1. The zero-order valence-electron chi connectivity index (χ0n) is 17.9. The second-order valence-corrected chi connectivity index (χ2v) is 7.73. The summed E-state index contributed by atoms with van der Waals surface area (Å²) in [5, 5.41) is 25.6. The van der Waals surface area contributed by atoms with E-state index in [-0.39, 0.29) is 0 Å². The fourth-order valence-electron chi connectivity index (χ4n) is 4.27. The fraction of sp³-hybridized carbons (Fsp3) is 0.167. The van der Waals surface area contributed by atoms with Crippen LogP contribution in [0.1, 0.15) is 24.5 Å². The second kappa shape index (κ2) is 8.27. The number of nitrogens with zero attached hydrogens (tertiary/aromatic N) is 5. The molecule has 0 saturated carbocycles. The number of imidazole rings is 1. The van der Waals surface area contributed by atoms with E-state index in [0.29, 0.717) is 35.7 Å². The van der Waals surface area contributed by atoms with Gasteiger partial charge in [0.15, 0.2) is 5.65 Å². The number of hydrogen-bond acceptors (Lipinski definition) is 6. The molecule has 0 saturated heterocycles. The molecule has 9 nitrogen and oxygen atoms in total. The molecule has 2 aromatic carbocycles. The molecule has 3 N–H and O–H groups in total. The Morgan fingerprint density at radius 1 is 1.24 bits per heavy atom. The number of nitrogens with one attached hydrogen (secondary N) is 1. The first kappa shape index (κ1) is 20.5. The maximum absolute atomic E-state index is 11.6. The van der Waals surface area contributed by atoms with Gasteiger partial charge in [-0.3, -0.25) is 14.3 Å². The number of amides is 1. The highest BCUT2D eigenvalue weighted by Crippen LogP contribution is 2.34. The minimum absolute atomic E-state index is 0.341. The van der Waals surface area contributed by atoms with Crippen LogP contribution < -0.4 is 10.2 Å². The molecular formula is C24H22N6O3. The predicted octanol–water partition coefficient (Wildman–Crippen LogP) is 4.77. The molecule has 1 aliphatic carbocycles.